The Labute approximate surface area is 162 Å². The number of benzene rings is 2. The van der Waals surface area contributed by atoms with Crippen molar-refractivity contribution in [1.82, 2.24) is 15.5 Å². The second kappa shape index (κ2) is 8.50. The minimum Gasteiger partial charge on any atom is -0.493 e. The molecule has 2 N–H and O–H groups in total. The lowest BCUT2D eigenvalue weighted by atomic mass is 10.1. The van der Waals surface area contributed by atoms with Gasteiger partial charge in [0, 0.05) is 17.3 Å². The van der Waals surface area contributed by atoms with Gasteiger partial charge in [0.1, 0.15) is 0 Å². The normalized spacial score (nSPS) is 10.3. The number of ether oxygens (including phenoxy) is 2. The maximum atomic E-state index is 5.31. The van der Waals surface area contributed by atoms with Crippen molar-refractivity contribution in [2.45, 2.75) is 13.5 Å². The van der Waals surface area contributed by atoms with E-state index in [1.165, 1.54) is 0 Å². The molecule has 2 aromatic carbocycles. The SMILES string of the molecule is COc1ccc(NC(=S)NCc2nc(-c3ccccc3C)no2)cc1OC. The summed E-state index contributed by atoms with van der Waals surface area (Å²) < 4.78 is 15.8. The van der Waals surface area contributed by atoms with Crippen LogP contribution >= 0.6 is 12.2 Å². The lowest BCUT2D eigenvalue weighted by Gasteiger charge is -2.12. The molecule has 140 valence electrons. The van der Waals surface area contributed by atoms with Gasteiger partial charge in [-0.15, -0.1) is 0 Å². The number of thiocarbonyl (C=S) groups is 1. The molecule has 0 aliphatic heterocycles. The average Bonchev–Trinajstić information content (AvgIpc) is 3.15. The summed E-state index contributed by atoms with van der Waals surface area (Å²) in [4.78, 5) is 4.41. The summed E-state index contributed by atoms with van der Waals surface area (Å²) in [6.45, 7) is 2.32. The highest BCUT2D eigenvalue weighted by Crippen LogP contribution is 2.29. The maximum Gasteiger partial charge on any atom is 0.246 e. The number of nitrogens with one attached hydrogen (secondary N) is 2. The number of hydrogen-bond acceptors (Lipinski definition) is 6. The van der Waals surface area contributed by atoms with E-state index in [0.717, 1.165) is 16.8 Å². The van der Waals surface area contributed by atoms with Crippen molar-refractivity contribution >= 4 is 23.0 Å². The molecule has 8 heteroatoms. The van der Waals surface area contributed by atoms with Gasteiger partial charge in [-0.3, -0.25) is 0 Å². The van der Waals surface area contributed by atoms with E-state index >= 15 is 0 Å². The van der Waals surface area contributed by atoms with Crippen LogP contribution in [0.1, 0.15) is 11.5 Å². The molecule has 1 aromatic heterocycles. The second-order valence-corrected chi connectivity index (χ2v) is 6.11. The van der Waals surface area contributed by atoms with Crippen LogP contribution in [-0.4, -0.2) is 29.5 Å². The van der Waals surface area contributed by atoms with Gasteiger partial charge in [-0.05, 0) is 36.8 Å². The van der Waals surface area contributed by atoms with Crippen molar-refractivity contribution in [3.63, 3.8) is 0 Å². The molecule has 0 unspecified atom stereocenters. The first kappa shape index (κ1) is 18.7. The third kappa shape index (κ3) is 4.53. The standard InChI is InChI=1S/C19H20N4O3S/c1-12-6-4-5-7-14(12)18-22-17(26-23-18)11-20-19(27)21-13-8-9-15(24-2)16(10-13)25-3/h4-10H,11H2,1-3H3,(H2,20,21,27). The fourth-order valence-electron chi connectivity index (χ4n) is 2.51. The van der Waals surface area contributed by atoms with Crippen molar-refractivity contribution < 1.29 is 14.0 Å². The van der Waals surface area contributed by atoms with Crippen LogP contribution < -0.4 is 20.1 Å². The van der Waals surface area contributed by atoms with Crippen LogP contribution in [0.15, 0.2) is 47.0 Å². The number of aryl methyl sites for hydroxylation is 1. The number of hydrogen-bond donors (Lipinski definition) is 2. The van der Waals surface area contributed by atoms with Crippen molar-refractivity contribution in [2.24, 2.45) is 0 Å². The van der Waals surface area contributed by atoms with Crippen LogP contribution in [0.4, 0.5) is 5.69 Å². The van der Waals surface area contributed by atoms with E-state index < -0.39 is 0 Å². The first-order valence-electron chi connectivity index (χ1n) is 8.26. The van der Waals surface area contributed by atoms with Gasteiger partial charge in [-0.25, -0.2) is 0 Å². The fraction of sp³-hybridized carbons (Fsp3) is 0.211. The molecule has 0 spiro atoms. The van der Waals surface area contributed by atoms with Gasteiger partial charge in [0.05, 0.1) is 20.8 Å². The van der Waals surface area contributed by atoms with Gasteiger partial charge in [-0.2, -0.15) is 4.98 Å². The summed E-state index contributed by atoms with van der Waals surface area (Å²) in [5, 5.41) is 10.6. The summed E-state index contributed by atoms with van der Waals surface area (Å²) in [7, 11) is 3.17. The lowest BCUT2D eigenvalue weighted by molar-refractivity contribution is 0.355. The zero-order valence-electron chi connectivity index (χ0n) is 15.3. The molecule has 0 radical (unpaired) electrons. The molecular formula is C19H20N4O3S. The Morgan fingerprint density at radius 2 is 1.89 bits per heavy atom. The molecule has 3 aromatic rings. The number of nitrogens with zero attached hydrogens (tertiary/aromatic N) is 2. The Morgan fingerprint density at radius 3 is 2.63 bits per heavy atom. The molecule has 27 heavy (non-hydrogen) atoms. The van der Waals surface area contributed by atoms with Gasteiger partial charge in [0.25, 0.3) is 0 Å². The summed E-state index contributed by atoms with van der Waals surface area (Å²) in [5.74, 6) is 2.27. The Hall–Kier alpha value is -3.13. The van der Waals surface area contributed by atoms with E-state index in [9.17, 15) is 0 Å². The van der Waals surface area contributed by atoms with E-state index in [2.05, 4.69) is 20.8 Å². The van der Waals surface area contributed by atoms with Crippen molar-refractivity contribution in [3.05, 3.63) is 53.9 Å². The topological polar surface area (TPSA) is 81.4 Å². The summed E-state index contributed by atoms with van der Waals surface area (Å²) >= 11 is 5.31. The maximum absolute atomic E-state index is 5.31. The Balaban J connectivity index is 1.59. The Bertz CT molecular complexity index is 942. The second-order valence-electron chi connectivity index (χ2n) is 5.70. The summed E-state index contributed by atoms with van der Waals surface area (Å²) in [5.41, 5.74) is 2.80. The van der Waals surface area contributed by atoms with Gasteiger partial charge >= 0.3 is 0 Å². The van der Waals surface area contributed by atoms with Crippen LogP contribution in [0.5, 0.6) is 11.5 Å². The quantitative estimate of drug-likeness (QED) is 0.625. The smallest absolute Gasteiger partial charge is 0.246 e. The first-order valence-corrected chi connectivity index (χ1v) is 8.67. The molecule has 0 fully saturated rings. The zero-order valence-corrected chi connectivity index (χ0v) is 16.1. The average molecular weight is 384 g/mol. The molecular weight excluding hydrogens is 364 g/mol. The Kier molecular flexibility index (Phi) is 5.87. The minimum absolute atomic E-state index is 0.317. The fourth-order valence-corrected chi connectivity index (χ4v) is 2.70. The molecule has 0 atom stereocenters. The van der Waals surface area contributed by atoms with Crippen LogP contribution in [0.2, 0.25) is 0 Å². The number of rotatable bonds is 6. The van der Waals surface area contributed by atoms with Gasteiger partial charge in [-0.1, -0.05) is 29.4 Å². The molecule has 0 amide bonds. The van der Waals surface area contributed by atoms with E-state index in [1.807, 2.05) is 37.3 Å². The van der Waals surface area contributed by atoms with Gasteiger partial charge in [0.2, 0.25) is 11.7 Å². The molecule has 0 aliphatic carbocycles. The number of methoxy groups -OCH3 is 2. The number of aromatic nitrogens is 2. The predicted molar refractivity (Wildman–Crippen MR) is 107 cm³/mol. The highest BCUT2D eigenvalue weighted by atomic mass is 32.1. The van der Waals surface area contributed by atoms with E-state index in [0.29, 0.717) is 34.9 Å². The predicted octanol–water partition coefficient (Wildman–Crippen LogP) is 3.55. The molecule has 0 saturated carbocycles. The van der Waals surface area contributed by atoms with Crippen molar-refractivity contribution in [3.8, 4) is 22.9 Å². The van der Waals surface area contributed by atoms with Crippen LogP contribution in [0.25, 0.3) is 11.4 Å². The summed E-state index contributed by atoms with van der Waals surface area (Å²) in [6.07, 6.45) is 0. The third-order valence-corrected chi connectivity index (χ3v) is 4.14. The monoisotopic (exact) mass is 384 g/mol. The van der Waals surface area contributed by atoms with E-state index in [1.54, 1.807) is 26.4 Å². The molecule has 7 nitrogen and oxygen atoms in total. The third-order valence-electron chi connectivity index (χ3n) is 3.90. The van der Waals surface area contributed by atoms with Crippen molar-refractivity contribution in [1.29, 1.82) is 0 Å². The van der Waals surface area contributed by atoms with Gasteiger partial charge in [0.15, 0.2) is 16.6 Å². The summed E-state index contributed by atoms with van der Waals surface area (Å²) in [6, 6.07) is 13.3. The highest BCUT2D eigenvalue weighted by molar-refractivity contribution is 7.80. The van der Waals surface area contributed by atoms with E-state index in [4.69, 9.17) is 26.2 Å². The molecule has 0 aliphatic rings. The molecule has 0 bridgehead atoms. The highest BCUT2D eigenvalue weighted by Gasteiger charge is 2.11. The zero-order chi connectivity index (χ0) is 19.2. The van der Waals surface area contributed by atoms with Crippen LogP contribution in [0.3, 0.4) is 0 Å². The van der Waals surface area contributed by atoms with Crippen LogP contribution in [0, 0.1) is 6.92 Å². The number of anilines is 1. The van der Waals surface area contributed by atoms with Crippen molar-refractivity contribution in [2.75, 3.05) is 19.5 Å². The van der Waals surface area contributed by atoms with E-state index in [-0.39, 0.29) is 0 Å². The van der Waals surface area contributed by atoms with Crippen LogP contribution in [-0.2, 0) is 6.54 Å². The Morgan fingerprint density at radius 1 is 1.11 bits per heavy atom. The largest absolute Gasteiger partial charge is 0.493 e. The molecule has 3 rings (SSSR count). The molecule has 0 saturated heterocycles. The molecule has 1 heterocycles. The van der Waals surface area contributed by atoms with Gasteiger partial charge < -0.3 is 24.6 Å². The lowest BCUT2D eigenvalue weighted by Crippen LogP contribution is -2.28. The first-order chi connectivity index (χ1) is 13.1. The minimum atomic E-state index is 0.317.